The molecule has 0 spiro atoms. The Hall–Kier alpha value is -3.84. The zero-order valence-corrected chi connectivity index (χ0v) is 20.1. The van der Waals surface area contributed by atoms with Crippen molar-refractivity contribution in [3.63, 3.8) is 0 Å². The molecule has 0 saturated heterocycles. The normalized spacial score (nSPS) is 13.1. The van der Waals surface area contributed by atoms with Gasteiger partial charge in [0.25, 0.3) is 0 Å². The molecule has 0 fully saturated rings. The molecular formula is C28H30N2O5. The highest BCUT2D eigenvalue weighted by Crippen LogP contribution is 2.25. The van der Waals surface area contributed by atoms with Crippen molar-refractivity contribution in [3.05, 3.63) is 88.3 Å². The van der Waals surface area contributed by atoms with Gasteiger partial charge in [-0.3, -0.25) is 4.79 Å². The average molecular weight is 475 g/mol. The Labute approximate surface area is 204 Å². The molecule has 1 aromatic heterocycles. The van der Waals surface area contributed by atoms with Crippen LogP contribution in [0.4, 0.5) is 4.79 Å². The molecule has 0 bridgehead atoms. The Balaban J connectivity index is 1.31. The van der Waals surface area contributed by atoms with Crippen LogP contribution in [0, 0.1) is 0 Å². The van der Waals surface area contributed by atoms with Crippen LogP contribution in [0.1, 0.15) is 30.6 Å². The first kappa shape index (κ1) is 24.3. The van der Waals surface area contributed by atoms with Crippen LogP contribution < -0.4 is 20.2 Å². The average Bonchev–Trinajstić information content (AvgIpc) is 2.87. The fourth-order valence-corrected chi connectivity index (χ4v) is 3.94. The van der Waals surface area contributed by atoms with Crippen molar-refractivity contribution in [1.82, 2.24) is 10.2 Å². The Kier molecular flexibility index (Phi) is 8.00. The molecule has 1 aliphatic carbocycles. The molecule has 0 aliphatic heterocycles. The first-order chi connectivity index (χ1) is 17.0. The van der Waals surface area contributed by atoms with Gasteiger partial charge in [0, 0.05) is 37.8 Å². The van der Waals surface area contributed by atoms with Crippen LogP contribution in [0.25, 0.3) is 16.5 Å². The van der Waals surface area contributed by atoms with Crippen molar-refractivity contribution >= 4 is 22.6 Å². The largest absolute Gasteiger partial charge is 0.493 e. The molecule has 0 unspecified atom stereocenters. The first-order valence-corrected chi connectivity index (χ1v) is 11.8. The first-order valence-electron chi connectivity index (χ1n) is 11.8. The van der Waals surface area contributed by atoms with E-state index in [1.165, 1.54) is 7.05 Å². The van der Waals surface area contributed by atoms with Gasteiger partial charge in [0.2, 0.25) is 0 Å². The molecule has 3 aromatic rings. The van der Waals surface area contributed by atoms with Crippen molar-refractivity contribution in [3.8, 4) is 11.5 Å². The lowest BCUT2D eigenvalue weighted by atomic mass is 10.0. The van der Waals surface area contributed by atoms with E-state index in [0.717, 1.165) is 43.5 Å². The van der Waals surface area contributed by atoms with Crippen LogP contribution in [0.2, 0.25) is 0 Å². The molecule has 7 heteroatoms. The fourth-order valence-electron chi connectivity index (χ4n) is 3.94. The topological polar surface area (TPSA) is 81.0 Å². The molecule has 182 valence electrons. The van der Waals surface area contributed by atoms with Crippen LogP contribution in [0.15, 0.2) is 76.0 Å². The van der Waals surface area contributed by atoms with E-state index in [0.29, 0.717) is 34.8 Å². The highest BCUT2D eigenvalue weighted by molar-refractivity contribution is 5.81. The second kappa shape index (κ2) is 11.5. The van der Waals surface area contributed by atoms with E-state index >= 15 is 0 Å². The number of nitrogens with one attached hydrogen (secondary N) is 1. The zero-order valence-electron chi connectivity index (χ0n) is 20.1. The number of ether oxygens (including phenoxy) is 2. The van der Waals surface area contributed by atoms with E-state index in [9.17, 15) is 9.59 Å². The molecule has 2 aromatic carbocycles. The number of nitrogens with zero attached hydrogens (tertiary/aromatic N) is 1. The molecule has 1 N–H and O–H groups in total. The van der Waals surface area contributed by atoms with E-state index in [-0.39, 0.29) is 5.43 Å². The number of allylic oxidation sites excluding steroid dienone is 4. The predicted molar refractivity (Wildman–Crippen MR) is 137 cm³/mol. The maximum Gasteiger partial charge on any atom is 0.412 e. The van der Waals surface area contributed by atoms with Gasteiger partial charge in [0.05, 0.1) is 12.0 Å². The predicted octanol–water partition coefficient (Wildman–Crippen LogP) is 5.15. The summed E-state index contributed by atoms with van der Waals surface area (Å²) in [4.78, 5) is 26.1. The summed E-state index contributed by atoms with van der Waals surface area (Å²) >= 11 is 0. The van der Waals surface area contributed by atoms with E-state index in [1.807, 2.05) is 31.3 Å². The standard InChI is InChI=1S/C28H30N2O5/c1-29-28(32)34-23-11-6-8-20(16-23)19-30(2)14-7-15-33-22-12-13-24-25(31)18-26(35-27(24)17-22)21-9-4-3-5-10-21/h4,6,8-13,16-18H,3,5,7,14-15,19H2,1-2H3,(H,29,32). The minimum atomic E-state index is -0.486. The van der Waals surface area contributed by atoms with Crippen LogP contribution in [0.5, 0.6) is 11.5 Å². The quantitative estimate of drug-likeness (QED) is 0.432. The van der Waals surface area contributed by atoms with Crippen LogP contribution in [0.3, 0.4) is 0 Å². The summed E-state index contributed by atoms with van der Waals surface area (Å²) in [7, 11) is 3.56. The summed E-state index contributed by atoms with van der Waals surface area (Å²) < 4.78 is 17.2. The summed E-state index contributed by atoms with van der Waals surface area (Å²) in [5.41, 5.74) is 2.47. The van der Waals surface area contributed by atoms with Gasteiger partial charge in [0.1, 0.15) is 22.8 Å². The highest BCUT2D eigenvalue weighted by atomic mass is 16.6. The Morgan fingerprint density at radius 2 is 2.00 bits per heavy atom. The van der Waals surface area contributed by atoms with Crippen molar-refractivity contribution < 1.29 is 18.7 Å². The van der Waals surface area contributed by atoms with E-state index in [1.54, 1.807) is 30.3 Å². The van der Waals surface area contributed by atoms with Crippen LogP contribution in [-0.4, -0.2) is 38.2 Å². The number of hydrogen-bond donors (Lipinski definition) is 1. The maximum absolute atomic E-state index is 12.5. The number of benzene rings is 2. The van der Waals surface area contributed by atoms with Gasteiger partial charge in [-0.25, -0.2) is 4.79 Å². The van der Waals surface area contributed by atoms with Gasteiger partial charge >= 0.3 is 6.09 Å². The lowest BCUT2D eigenvalue weighted by molar-refractivity contribution is 0.203. The molecule has 4 rings (SSSR count). The Morgan fingerprint density at radius 3 is 2.80 bits per heavy atom. The maximum atomic E-state index is 12.5. The SMILES string of the molecule is CNC(=O)Oc1cccc(CN(C)CCCOc2ccc3c(=O)cc(C4=CCCC=C4)oc3c2)c1. The number of hydrogen-bond acceptors (Lipinski definition) is 6. The van der Waals surface area contributed by atoms with Gasteiger partial charge in [-0.2, -0.15) is 0 Å². The van der Waals surface area contributed by atoms with E-state index < -0.39 is 6.09 Å². The third-order valence-corrected chi connectivity index (χ3v) is 5.70. The minimum absolute atomic E-state index is 0.0564. The van der Waals surface area contributed by atoms with Gasteiger partial charge in [-0.15, -0.1) is 0 Å². The van der Waals surface area contributed by atoms with Crippen LogP contribution >= 0.6 is 0 Å². The van der Waals surface area contributed by atoms with Crippen molar-refractivity contribution in [2.45, 2.75) is 25.8 Å². The third-order valence-electron chi connectivity index (χ3n) is 5.70. The molecule has 1 heterocycles. The summed E-state index contributed by atoms with van der Waals surface area (Å²) in [6, 6.07) is 14.4. The third kappa shape index (κ3) is 6.61. The van der Waals surface area contributed by atoms with Crippen molar-refractivity contribution in [2.24, 2.45) is 0 Å². The Morgan fingerprint density at radius 1 is 1.11 bits per heavy atom. The lowest BCUT2D eigenvalue weighted by Crippen LogP contribution is -2.22. The van der Waals surface area contributed by atoms with E-state index in [2.05, 4.69) is 22.4 Å². The fraction of sp³-hybridized carbons (Fsp3) is 0.286. The monoisotopic (exact) mass is 474 g/mol. The number of fused-ring (bicyclic) bond motifs is 1. The molecule has 1 amide bonds. The molecular weight excluding hydrogens is 444 g/mol. The van der Waals surface area contributed by atoms with Gasteiger partial charge < -0.3 is 24.1 Å². The van der Waals surface area contributed by atoms with Gasteiger partial charge in [-0.1, -0.05) is 30.4 Å². The minimum Gasteiger partial charge on any atom is -0.493 e. The van der Waals surface area contributed by atoms with Crippen molar-refractivity contribution in [1.29, 1.82) is 0 Å². The smallest absolute Gasteiger partial charge is 0.412 e. The molecule has 0 saturated carbocycles. The summed E-state index contributed by atoms with van der Waals surface area (Å²) in [5, 5.41) is 2.98. The number of carbonyl (C=O) groups excluding carboxylic acids is 1. The lowest BCUT2D eigenvalue weighted by Gasteiger charge is -2.17. The second-order valence-corrected chi connectivity index (χ2v) is 8.50. The number of carbonyl (C=O) groups is 1. The van der Waals surface area contributed by atoms with Crippen molar-refractivity contribution in [2.75, 3.05) is 27.2 Å². The molecule has 0 radical (unpaired) electrons. The summed E-state index contributed by atoms with van der Waals surface area (Å²) in [6.07, 6.45) is 8.46. The zero-order chi connectivity index (χ0) is 24.6. The molecule has 1 aliphatic rings. The molecule has 35 heavy (non-hydrogen) atoms. The highest BCUT2D eigenvalue weighted by Gasteiger charge is 2.10. The summed E-state index contributed by atoms with van der Waals surface area (Å²) in [5.74, 6) is 1.77. The van der Waals surface area contributed by atoms with Gasteiger partial charge in [0.15, 0.2) is 5.43 Å². The number of amides is 1. The Bertz CT molecular complexity index is 1310. The number of rotatable bonds is 9. The molecule has 7 nitrogen and oxygen atoms in total. The second-order valence-electron chi connectivity index (χ2n) is 8.50. The van der Waals surface area contributed by atoms with Gasteiger partial charge in [-0.05, 0) is 56.1 Å². The summed E-state index contributed by atoms with van der Waals surface area (Å²) in [6.45, 7) is 2.08. The molecule has 0 atom stereocenters. The van der Waals surface area contributed by atoms with Crippen LogP contribution in [-0.2, 0) is 6.54 Å². The van der Waals surface area contributed by atoms with E-state index in [4.69, 9.17) is 13.9 Å².